The van der Waals surface area contributed by atoms with Crippen LogP contribution in [0.4, 0.5) is 0 Å². The van der Waals surface area contributed by atoms with Crippen LogP contribution in [-0.4, -0.2) is 11.7 Å². The first-order valence-corrected chi connectivity index (χ1v) is 8.75. The van der Waals surface area contributed by atoms with Gasteiger partial charge in [-0.3, -0.25) is 0 Å². The number of hydrogen-bond donors (Lipinski definition) is 0. The van der Waals surface area contributed by atoms with Crippen LogP contribution in [0.3, 0.4) is 0 Å². The zero-order valence-corrected chi connectivity index (χ0v) is 14.2. The molecule has 1 heterocycles. The molecular weight excluding hydrogens is 294 g/mol. The predicted molar refractivity (Wildman–Crippen MR) is 98.6 cm³/mol. The van der Waals surface area contributed by atoms with Crippen LogP contribution in [0.25, 0.3) is 11.3 Å². The number of aromatic nitrogens is 1. The quantitative estimate of drug-likeness (QED) is 0.653. The lowest BCUT2D eigenvalue weighted by Gasteiger charge is -2.17. The molecular formula is C22H23NO. The molecule has 122 valence electrons. The highest BCUT2D eigenvalue weighted by Gasteiger charge is 2.19. The largest absolute Gasteiger partial charge is 0.497 e. The van der Waals surface area contributed by atoms with E-state index in [0.29, 0.717) is 0 Å². The van der Waals surface area contributed by atoms with E-state index in [1.54, 1.807) is 7.11 Å². The minimum atomic E-state index is 0.907. The van der Waals surface area contributed by atoms with Crippen LogP contribution in [0.1, 0.15) is 29.7 Å². The lowest BCUT2D eigenvalue weighted by atomic mass is 9.98. The van der Waals surface area contributed by atoms with Crippen molar-refractivity contribution >= 4 is 0 Å². The van der Waals surface area contributed by atoms with E-state index in [-0.39, 0.29) is 0 Å². The molecule has 0 aliphatic heterocycles. The number of rotatable bonds is 4. The molecule has 0 saturated heterocycles. The minimum Gasteiger partial charge on any atom is -0.497 e. The van der Waals surface area contributed by atoms with Crippen molar-refractivity contribution in [2.75, 3.05) is 7.11 Å². The SMILES string of the molecule is COc1ccc(-c2cc3c(n2Cc2ccccc2)CCCC3)cc1. The number of ether oxygens (including phenoxy) is 1. The van der Waals surface area contributed by atoms with Crippen molar-refractivity contribution in [3.63, 3.8) is 0 Å². The fourth-order valence-corrected chi connectivity index (χ4v) is 3.71. The average Bonchev–Trinajstić information content (AvgIpc) is 3.01. The molecule has 1 aliphatic rings. The normalized spacial score (nSPS) is 13.5. The third kappa shape index (κ3) is 2.84. The van der Waals surface area contributed by atoms with Gasteiger partial charge in [-0.25, -0.2) is 0 Å². The maximum Gasteiger partial charge on any atom is 0.118 e. The van der Waals surface area contributed by atoms with Gasteiger partial charge in [0.15, 0.2) is 0 Å². The Morgan fingerprint density at radius 2 is 1.67 bits per heavy atom. The van der Waals surface area contributed by atoms with Crippen LogP contribution < -0.4 is 4.74 Å². The summed E-state index contributed by atoms with van der Waals surface area (Å²) in [4.78, 5) is 0. The van der Waals surface area contributed by atoms with Crippen molar-refractivity contribution in [3.05, 3.63) is 77.5 Å². The van der Waals surface area contributed by atoms with Crippen molar-refractivity contribution < 1.29 is 4.74 Å². The van der Waals surface area contributed by atoms with Gasteiger partial charge in [0.25, 0.3) is 0 Å². The Hall–Kier alpha value is -2.48. The molecule has 0 N–H and O–H groups in total. The molecule has 2 nitrogen and oxygen atoms in total. The first-order valence-electron chi connectivity index (χ1n) is 8.75. The lowest BCUT2D eigenvalue weighted by Crippen LogP contribution is -2.10. The van der Waals surface area contributed by atoms with Crippen molar-refractivity contribution in [1.29, 1.82) is 0 Å². The standard InChI is InChI=1S/C22H23NO/c1-24-20-13-11-18(12-14-20)22-15-19-9-5-6-10-21(19)23(22)16-17-7-3-2-4-8-17/h2-4,7-8,11-15H,5-6,9-10,16H2,1H3. The molecule has 4 rings (SSSR count). The molecule has 0 spiro atoms. The van der Waals surface area contributed by atoms with Gasteiger partial charge in [0.1, 0.15) is 5.75 Å². The molecule has 0 unspecified atom stereocenters. The predicted octanol–water partition coefficient (Wildman–Crippen LogP) is 5.09. The highest BCUT2D eigenvalue weighted by molar-refractivity contribution is 5.64. The second-order valence-electron chi connectivity index (χ2n) is 6.51. The van der Waals surface area contributed by atoms with Gasteiger partial charge in [0.05, 0.1) is 7.11 Å². The molecule has 2 heteroatoms. The number of nitrogens with zero attached hydrogens (tertiary/aromatic N) is 1. The van der Waals surface area contributed by atoms with E-state index < -0.39 is 0 Å². The van der Waals surface area contributed by atoms with Crippen molar-refractivity contribution in [3.8, 4) is 17.0 Å². The molecule has 0 fully saturated rings. The van der Waals surface area contributed by atoms with Gasteiger partial charge >= 0.3 is 0 Å². The van der Waals surface area contributed by atoms with Crippen LogP contribution in [0.2, 0.25) is 0 Å². The molecule has 2 aromatic carbocycles. The summed E-state index contributed by atoms with van der Waals surface area (Å²) in [6, 6.07) is 21.6. The van der Waals surface area contributed by atoms with Gasteiger partial charge in [-0.05, 0) is 72.7 Å². The van der Waals surface area contributed by atoms with Crippen molar-refractivity contribution in [2.45, 2.75) is 32.2 Å². The number of methoxy groups -OCH3 is 1. The first-order chi connectivity index (χ1) is 11.8. The van der Waals surface area contributed by atoms with Crippen molar-refractivity contribution in [1.82, 2.24) is 4.57 Å². The Balaban J connectivity index is 1.78. The number of hydrogen-bond acceptors (Lipinski definition) is 1. The van der Waals surface area contributed by atoms with Gasteiger partial charge in [-0.1, -0.05) is 30.3 Å². The van der Waals surface area contributed by atoms with Gasteiger partial charge in [-0.2, -0.15) is 0 Å². The average molecular weight is 317 g/mol. The summed E-state index contributed by atoms with van der Waals surface area (Å²) < 4.78 is 7.82. The molecule has 0 atom stereocenters. The smallest absolute Gasteiger partial charge is 0.118 e. The fraction of sp³-hybridized carbons (Fsp3) is 0.273. The molecule has 0 bridgehead atoms. The van der Waals surface area contributed by atoms with Gasteiger partial charge in [0.2, 0.25) is 0 Å². The highest BCUT2D eigenvalue weighted by Crippen LogP contribution is 2.32. The maximum absolute atomic E-state index is 5.31. The fourth-order valence-electron chi connectivity index (χ4n) is 3.71. The summed E-state index contributed by atoms with van der Waals surface area (Å²) in [5, 5.41) is 0. The van der Waals surface area contributed by atoms with Gasteiger partial charge < -0.3 is 9.30 Å². The first kappa shape index (κ1) is 15.1. The number of benzene rings is 2. The van der Waals surface area contributed by atoms with E-state index in [2.05, 4.69) is 53.1 Å². The zero-order chi connectivity index (χ0) is 16.4. The molecule has 0 radical (unpaired) electrons. The third-order valence-corrected chi connectivity index (χ3v) is 4.98. The van der Waals surface area contributed by atoms with Gasteiger partial charge in [-0.15, -0.1) is 0 Å². The van der Waals surface area contributed by atoms with E-state index in [9.17, 15) is 0 Å². The van der Waals surface area contributed by atoms with Crippen LogP contribution in [0, 0.1) is 0 Å². The Labute approximate surface area is 143 Å². The second-order valence-corrected chi connectivity index (χ2v) is 6.51. The number of aryl methyl sites for hydroxylation is 1. The summed E-state index contributed by atoms with van der Waals surface area (Å²) >= 11 is 0. The monoisotopic (exact) mass is 317 g/mol. The minimum absolute atomic E-state index is 0.907. The number of fused-ring (bicyclic) bond motifs is 1. The van der Waals surface area contributed by atoms with Crippen molar-refractivity contribution in [2.24, 2.45) is 0 Å². The van der Waals surface area contributed by atoms with E-state index >= 15 is 0 Å². The molecule has 1 aliphatic carbocycles. The third-order valence-electron chi connectivity index (χ3n) is 4.98. The van der Waals surface area contributed by atoms with E-state index in [4.69, 9.17) is 4.74 Å². The topological polar surface area (TPSA) is 14.2 Å². The molecule has 0 amide bonds. The van der Waals surface area contributed by atoms with Crippen LogP contribution in [0.5, 0.6) is 5.75 Å². The Kier molecular flexibility index (Phi) is 4.12. The van der Waals surface area contributed by atoms with Crippen LogP contribution in [-0.2, 0) is 19.4 Å². The molecule has 0 saturated carbocycles. The summed E-state index contributed by atoms with van der Waals surface area (Å²) in [5.74, 6) is 0.907. The lowest BCUT2D eigenvalue weighted by molar-refractivity contribution is 0.415. The van der Waals surface area contributed by atoms with Crippen LogP contribution in [0.15, 0.2) is 60.7 Å². The van der Waals surface area contributed by atoms with E-state index in [1.807, 2.05) is 12.1 Å². The van der Waals surface area contributed by atoms with Crippen LogP contribution >= 0.6 is 0 Å². The summed E-state index contributed by atoms with van der Waals surface area (Å²) in [7, 11) is 1.71. The Morgan fingerprint density at radius 3 is 2.42 bits per heavy atom. The summed E-state index contributed by atoms with van der Waals surface area (Å²) in [6.07, 6.45) is 5.01. The zero-order valence-electron chi connectivity index (χ0n) is 14.2. The Bertz CT molecular complexity index is 815. The highest BCUT2D eigenvalue weighted by atomic mass is 16.5. The molecule has 3 aromatic rings. The molecule has 1 aromatic heterocycles. The second kappa shape index (κ2) is 6.56. The summed E-state index contributed by atoms with van der Waals surface area (Å²) in [5.41, 5.74) is 7.00. The van der Waals surface area contributed by atoms with E-state index in [0.717, 1.165) is 12.3 Å². The summed E-state index contributed by atoms with van der Waals surface area (Å²) in [6.45, 7) is 0.942. The Morgan fingerprint density at radius 1 is 0.917 bits per heavy atom. The maximum atomic E-state index is 5.31. The van der Waals surface area contributed by atoms with Gasteiger partial charge in [0, 0.05) is 17.9 Å². The van der Waals surface area contributed by atoms with E-state index in [1.165, 1.54) is 53.8 Å². The molecule has 24 heavy (non-hydrogen) atoms.